The molecule has 0 aliphatic heterocycles. The first-order valence-corrected chi connectivity index (χ1v) is 6.59. The fraction of sp³-hybridized carbons (Fsp3) is 1.00. The van der Waals surface area contributed by atoms with Gasteiger partial charge in [0.25, 0.3) is 0 Å². The number of hydrogen-bond acceptors (Lipinski definition) is 2. The van der Waals surface area contributed by atoms with E-state index in [0.29, 0.717) is 11.5 Å². The normalized spacial score (nSPS) is 24.6. The molecule has 0 aromatic heterocycles. The summed E-state index contributed by atoms with van der Waals surface area (Å²) in [5.41, 5.74) is 6.42. The Hall–Kier alpha value is -0.0800. The summed E-state index contributed by atoms with van der Waals surface area (Å²) < 4.78 is 0. The minimum atomic E-state index is 0.485. The zero-order valence-electron chi connectivity index (χ0n) is 10.3. The van der Waals surface area contributed by atoms with E-state index in [4.69, 9.17) is 5.73 Å². The highest BCUT2D eigenvalue weighted by atomic mass is 15.2. The van der Waals surface area contributed by atoms with Gasteiger partial charge in [-0.1, -0.05) is 6.42 Å². The predicted octanol–water partition coefficient (Wildman–Crippen LogP) is 2.24. The van der Waals surface area contributed by atoms with E-state index in [2.05, 4.69) is 18.7 Å². The average molecular weight is 210 g/mol. The molecule has 0 aromatic carbocycles. The summed E-state index contributed by atoms with van der Waals surface area (Å²) in [7, 11) is 0. The van der Waals surface area contributed by atoms with Gasteiger partial charge in [-0.2, -0.15) is 0 Å². The van der Waals surface area contributed by atoms with Gasteiger partial charge in [0.2, 0.25) is 0 Å². The second kappa shape index (κ2) is 4.42. The van der Waals surface area contributed by atoms with Crippen LogP contribution in [0.2, 0.25) is 0 Å². The zero-order chi connectivity index (χ0) is 10.9. The van der Waals surface area contributed by atoms with E-state index in [1.807, 2.05) is 0 Å². The third kappa shape index (κ3) is 2.73. The summed E-state index contributed by atoms with van der Waals surface area (Å²) in [6, 6.07) is 0.689. The van der Waals surface area contributed by atoms with Crippen molar-refractivity contribution in [2.24, 2.45) is 17.1 Å². The minimum absolute atomic E-state index is 0.485. The summed E-state index contributed by atoms with van der Waals surface area (Å²) in [5.74, 6) is 1.00. The molecule has 2 rings (SSSR count). The third-order valence-electron chi connectivity index (χ3n) is 4.31. The largest absolute Gasteiger partial charge is 0.330 e. The van der Waals surface area contributed by atoms with Crippen LogP contribution in [0.3, 0.4) is 0 Å². The van der Waals surface area contributed by atoms with Crippen molar-refractivity contribution < 1.29 is 0 Å². The van der Waals surface area contributed by atoms with Crippen LogP contribution in [0, 0.1) is 11.3 Å². The minimum Gasteiger partial charge on any atom is -0.330 e. The van der Waals surface area contributed by atoms with Gasteiger partial charge < -0.3 is 10.6 Å². The second-order valence-corrected chi connectivity index (χ2v) is 6.02. The Morgan fingerprint density at radius 2 is 2.00 bits per heavy atom. The molecule has 0 amide bonds. The molecule has 0 unspecified atom stereocenters. The number of hydrogen-bond donors (Lipinski definition) is 1. The Balaban J connectivity index is 1.86. The van der Waals surface area contributed by atoms with Gasteiger partial charge in [0, 0.05) is 19.1 Å². The molecule has 0 bridgehead atoms. The molecule has 15 heavy (non-hydrogen) atoms. The van der Waals surface area contributed by atoms with Crippen molar-refractivity contribution in [1.29, 1.82) is 0 Å². The average Bonchev–Trinajstić information content (AvgIpc) is 2.92. The summed E-state index contributed by atoms with van der Waals surface area (Å²) in [6.45, 7) is 8.11. The SMILES string of the molecule is CC(C)N(CC1CC1)CC1(CN)CCC1. The first-order chi connectivity index (χ1) is 7.15. The third-order valence-corrected chi connectivity index (χ3v) is 4.31. The van der Waals surface area contributed by atoms with Crippen molar-refractivity contribution in [3.63, 3.8) is 0 Å². The van der Waals surface area contributed by atoms with E-state index in [1.165, 1.54) is 45.2 Å². The lowest BCUT2D eigenvalue weighted by molar-refractivity contribution is 0.0562. The van der Waals surface area contributed by atoms with E-state index < -0.39 is 0 Å². The van der Waals surface area contributed by atoms with Gasteiger partial charge in [-0.05, 0) is 57.4 Å². The highest BCUT2D eigenvalue weighted by Gasteiger charge is 2.38. The van der Waals surface area contributed by atoms with Crippen LogP contribution in [-0.4, -0.2) is 30.6 Å². The summed E-state index contributed by atoms with van der Waals surface area (Å²) in [4.78, 5) is 2.67. The van der Waals surface area contributed by atoms with Gasteiger partial charge in [0.05, 0.1) is 0 Å². The van der Waals surface area contributed by atoms with Crippen LogP contribution in [0.15, 0.2) is 0 Å². The van der Waals surface area contributed by atoms with E-state index in [-0.39, 0.29) is 0 Å². The molecular formula is C13H26N2. The molecule has 2 nitrogen and oxygen atoms in total. The van der Waals surface area contributed by atoms with Crippen LogP contribution in [0.5, 0.6) is 0 Å². The molecule has 88 valence electrons. The first-order valence-electron chi connectivity index (χ1n) is 6.59. The first kappa shape index (κ1) is 11.4. The van der Waals surface area contributed by atoms with E-state index in [0.717, 1.165) is 12.5 Å². The molecule has 2 N–H and O–H groups in total. The van der Waals surface area contributed by atoms with Gasteiger partial charge >= 0.3 is 0 Å². The molecule has 2 heteroatoms. The molecule has 0 heterocycles. The number of nitrogens with zero attached hydrogens (tertiary/aromatic N) is 1. The Morgan fingerprint density at radius 3 is 2.33 bits per heavy atom. The maximum atomic E-state index is 5.94. The monoisotopic (exact) mass is 210 g/mol. The van der Waals surface area contributed by atoms with Gasteiger partial charge in [-0.15, -0.1) is 0 Å². The van der Waals surface area contributed by atoms with Crippen molar-refractivity contribution in [3.05, 3.63) is 0 Å². The molecule has 0 atom stereocenters. The van der Waals surface area contributed by atoms with Crippen molar-refractivity contribution in [2.75, 3.05) is 19.6 Å². The van der Waals surface area contributed by atoms with E-state index in [1.54, 1.807) is 0 Å². The van der Waals surface area contributed by atoms with E-state index >= 15 is 0 Å². The van der Waals surface area contributed by atoms with Crippen LogP contribution < -0.4 is 5.73 Å². The second-order valence-electron chi connectivity index (χ2n) is 6.02. The van der Waals surface area contributed by atoms with Crippen molar-refractivity contribution in [1.82, 2.24) is 4.90 Å². The molecular weight excluding hydrogens is 184 g/mol. The van der Waals surface area contributed by atoms with Crippen LogP contribution in [0.1, 0.15) is 46.0 Å². The molecule has 2 fully saturated rings. The Kier molecular flexibility index (Phi) is 3.36. The van der Waals surface area contributed by atoms with E-state index in [9.17, 15) is 0 Å². The lowest BCUT2D eigenvalue weighted by Crippen LogP contribution is -2.49. The molecule has 2 aliphatic rings. The van der Waals surface area contributed by atoms with Crippen molar-refractivity contribution in [3.8, 4) is 0 Å². The lowest BCUT2D eigenvalue weighted by atomic mass is 9.68. The van der Waals surface area contributed by atoms with Crippen LogP contribution in [-0.2, 0) is 0 Å². The van der Waals surface area contributed by atoms with Gasteiger partial charge in [0.1, 0.15) is 0 Å². The topological polar surface area (TPSA) is 29.3 Å². The number of nitrogens with two attached hydrogens (primary N) is 1. The zero-order valence-corrected chi connectivity index (χ0v) is 10.3. The Bertz CT molecular complexity index is 199. The van der Waals surface area contributed by atoms with Crippen molar-refractivity contribution >= 4 is 0 Å². The van der Waals surface area contributed by atoms with Crippen molar-refractivity contribution in [2.45, 2.75) is 52.0 Å². The molecule has 0 spiro atoms. The van der Waals surface area contributed by atoms with Crippen LogP contribution in [0.4, 0.5) is 0 Å². The molecule has 0 radical (unpaired) electrons. The molecule has 0 saturated heterocycles. The highest BCUT2D eigenvalue weighted by molar-refractivity contribution is 4.93. The predicted molar refractivity (Wildman–Crippen MR) is 64.8 cm³/mol. The fourth-order valence-corrected chi connectivity index (χ4v) is 2.62. The molecule has 2 aliphatic carbocycles. The highest BCUT2D eigenvalue weighted by Crippen LogP contribution is 2.41. The Morgan fingerprint density at radius 1 is 1.33 bits per heavy atom. The van der Waals surface area contributed by atoms with Crippen LogP contribution >= 0.6 is 0 Å². The summed E-state index contributed by atoms with van der Waals surface area (Å²) in [6.07, 6.45) is 7.03. The Labute approximate surface area is 94.2 Å². The quantitative estimate of drug-likeness (QED) is 0.728. The maximum Gasteiger partial charge on any atom is 0.00529 e. The summed E-state index contributed by atoms with van der Waals surface area (Å²) >= 11 is 0. The lowest BCUT2D eigenvalue weighted by Gasteiger charge is -2.45. The standard InChI is InChI=1S/C13H26N2/c1-11(2)15(8-12-4-5-12)10-13(9-14)6-3-7-13/h11-12H,3-10,14H2,1-2H3. The van der Waals surface area contributed by atoms with Gasteiger partial charge in [-0.25, -0.2) is 0 Å². The van der Waals surface area contributed by atoms with Gasteiger partial charge in [0.15, 0.2) is 0 Å². The molecule has 2 saturated carbocycles. The van der Waals surface area contributed by atoms with Gasteiger partial charge in [-0.3, -0.25) is 0 Å². The molecule has 0 aromatic rings. The maximum absolute atomic E-state index is 5.94. The fourth-order valence-electron chi connectivity index (χ4n) is 2.62. The summed E-state index contributed by atoms with van der Waals surface area (Å²) in [5, 5.41) is 0. The smallest absolute Gasteiger partial charge is 0.00529 e. The number of rotatable bonds is 6. The van der Waals surface area contributed by atoms with Crippen LogP contribution in [0.25, 0.3) is 0 Å².